The molecule has 0 atom stereocenters. The quantitative estimate of drug-likeness (QED) is 0.589. The second-order valence-corrected chi connectivity index (χ2v) is 4.30. The van der Waals surface area contributed by atoms with E-state index in [4.69, 9.17) is 38.5 Å². The van der Waals surface area contributed by atoms with E-state index in [-0.39, 0.29) is 0 Å². The number of hydrogen-bond donors (Lipinski definition) is 3. The van der Waals surface area contributed by atoms with E-state index >= 15 is 0 Å². The van der Waals surface area contributed by atoms with Crippen molar-refractivity contribution in [2.45, 2.75) is 11.3 Å². The van der Waals surface area contributed by atoms with Gasteiger partial charge in [-0.3, -0.25) is 4.79 Å². The highest BCUT2D eigenvalue weighted by Crippen LogP contribution is 2.40. The number of carboxylic acids is 1. The summed E-state index contributed by atoms with van der Waals surface area (Å²) in [5.41, 5.74) is -1.92. The zero-order valence-electron chi connectivity index (χ0n) is 6.42. The van der Waals surface area contributed by atoms with Gasteiger partial charge in [0.1, 0.15) is 9.75 Å². The van der Waals surface area contributed by atoms with Crippen molar-refractivity contribution in [3.8, 4) is 0 Å². The van der Waals surface area contributed by atoms with E-state index in [1.54, 1.807) is 0 Å². The number of aliphatic hydroxyl groups excluding tert-OH is 2. The van der Waals surface area contributed by atoms with Gasteiger partial charge < -0.3 is 15.3 Å². The van der Waals surface area contributed by atoms with Crippen molar-refractivity contribution in [3.05, 3.63) is 0 Å². The zero-order chi connectivity index (χ0) is 9.99. The van der Waals surface area contributed by atoms with Crippen LogP contribution >= 0.6 is 23.2 Å². The Kier molecular flexibility index (Phi) is 3.78. The molecule has 0 spiro atoms. The Labute approximate surface area is 79.7 Å². The highest BCUT2D eigenvalue weighted by Gasteiger charge is 2.52. The van der Waals surface area contributed by atoms with Crippen molar-refractivity contribution in [2.24, 2.45) is 5.41 Å². The first kappa shape index (κ1) is 12.0. The van der Waals surface area contributed by atoms with Crippen molar-refractivity contribution in [1.82, 2.24) is 0 Å². The Balaban J connectivity index is 4.97. The number of aliphatic carboxylic acids is 1. The average molecular weight is 217 g/mol. The van der Waals surface area contributed by atoms with Crippen LogP contribution in [-0.2, 0) is 4.79 Å². The van der Waals surface area contributed by atoms with Gasteiger partial charge in [0.05, 0.1) is 13.2 Å². The lowest BCUT2D eigenvalue weighted by atomic mass is 9.86. The van der Waals surface area contributed by atoms with E-state index in [1.165, 1.54) is 6.92 Å². The molecule has 0 saturated heterocycles. The van der Waals surface area contributed by atoms with E-state index in [0.717, 1.165) is 0 Å². The van der Waals surface area contributed by atoms with Crippen LogP contribution in [0.2, 0.25) is 0 Å². The van der Waals surface area contributed by atoms with Gasteiger partial charge in [0.15, 0.2) is 0 Å². The molecule has 72 valence electrons. The lowest BCUT2D eigenvalue weighted by Gasteiger charge is -2.33. The number of aliphatic hydroxyl groups is 2. The maximum Gasteiger partial charge on any atom is 0.317 e. The molecular formula is C6H10Cl2O4. The van der Waals surface area contributed by atoms with Crippen LogP contribution in [0.25, 0.3) is 0 Å². The molecule has 0 aromatic heterocycles. The van der Waals surface area contributed by atoms with Crippen LogP contribution < -0.4 is 0 Å². The molecule has 0 unspecified atom stereocenters. The van der Waals surface area contributed by atoms with E-state index in [2.05, 4.69) is 0 Å². The lowest BCUT2D eigenvalue weighted by Crippen LogP contribution is -2.50. The minimum Gasteiger partial charge on any atom is -0.481 e. The molecule has 0 bridgehead atoms. The van der Waals surface area contributed by atoms with Crippen LogP contribution in [0.5, 0.6) is 0 Å². The van der Waals surface area contributed by atoms with Crippen LogP contribution in [-0.4, -0.2) is 38.8 Å². The summed E-state index contributed by atoms with van der Waals surface area (Å²) >= 11 is 11.0. The molecule has 0 amide bonds. The Morgan fingerprint density at radius 3 is 1.67 bits per heavy atom. The molecule has 0 aromatic rings. The zero-order valence-corrected chi connectivity index (χ0v) is 7.93. The highest BCUT2D eigenvalue weighted by atomic mass is 35.5. The van der Waals surface area contributed by atoms with Crippen molar-refractivity contribution < 1.29 is 20.1 Å². The van der Waals surface area contributed by atoms with E-state index in [9.17, 15) is 4.79 Å². The largest absolute Gasteiger partial charge is 0.481 e. The SMILES string of the molecule is CC(Cl)(Cl)C(CO)(CO)C(=O)O. The Hall–Kier alpha value is -0.0300. The Morgan fingerprint density at radius 2 is 1.67 bits per heavy atom. The molecule has 0 saturated carbocycles. The van der Waals surface area contributed by atoms with Crippen molar-refractivity contribution in [1.29, 1.82) is 0 Å². The fraction of sp³-hybridized carbons (Fsp3) is 0.833. The molecule has 0 aliphatic carbocycles. The molecule has 0 aliphatic rings. The van der Waals surface area contributed by atoms with Crippen LogP contribution in [0.15, 0.2) is 0 Å². The number of carbonyl (C=O) groups is 1. The molecule has 0 aliphatic heterocycles. The van der Waals surface area contributed by atoms with Crippen molar-refractivity contribution in [2.75, 3.05) is 13.2 Å². The van der Waals surface area contributed by atoms with Crippen molar-refractivity contribution in [3.63, 3.8) is 0 Å². The summed E-state index contributed by atoms with van der Waals surface area (Å²) in [5.74, 6) is -1.43. The first-order valence-corrected chi connectivity index (χ1v) is 3.90. The minimum atomic E-state index is -1.92. The molecule has 0 rings (SSSR count). The third-order valence-corrected chi connectivity index (χ3v) is 2.51. The number of carboxylic acid groups (broad SMARTS) is 1. The second kappa shape index (κ2) is 3.79. The number of rotatable bonds is 4. The van der Waals surface area contributed by atoms with Gasteiger partial charge in [0.25, 0.3) is 0 Å². The van der Waals surface area contributed by atoms with Gasteiger partial charge in [-0.25, -0.2) is 0 Å². The molecule has 0 aromatic carbocycles. The summed E-state index contributed by atoms with van der Waals surface area (Å²) in [5, 5.41) is 26.2. The monoisotopic (exact) mass is 216 g/mol. The number of halogens is 2. The van der Waals surface area contributed by atoms with Crippen LogP contribution in [0.3, 0.4) is 0 Å². The first-order valence-electron chi connectivity index (χ1n) is 3.15. The van der Waals surface area contributed by atoms with Gasteiger partial charge in [0, 0.05) is 0 Å². The topological polar surface area (TPSA) is 77.8 Å². The predicted octanol–water partition coefficient (Wildman–Crippen LogP) is 0.236. The fourth-order valence-electron chi connectivity index (χ4n) is 0.651. The summed E-state index contributed by atoms with van der Waals surface area (Å²) in [6.07, 6.45) is 0. The fourth-order valence-corrected chi connectivity index (χ4v) is 1.05. The third kappa shape index (κ3) is 1.82. The van der Waals surface area contributed by atoms with Crippen LogP contribution in [0.1, 0.15) is 6.92 Å². The summed E-state index contributed by atoms with van der Waals surface area (Å²) in [6.45, 7) is -0.429. The minimum absolute atomic E-state index is 0.817. The molecule has 0 radical (unpaired) electrons. The number of hydrogen-bond acceptors (Lipinski definition) is 3. The van der Waals surface area contributed by atoms with Crippen LogP contribution in [0, 0.1) is 5.41 Å². The van der Waals surface area contributed by atoms with E-state index < -0.39 is 28.9 Å². The van der Waals surface area contributed by atoms with Gasteiger partial charge >= 0.3 is 5.97 Å². The standard InChI is InChI=1S/C6H10Cl2O4/c1-5(7,8)6(2-9,3-10)4(11)12/h9-10H,2-3H2,1H3,(H,11,12). The van der Waals surface area contributed by atoms with E-state index in [0.29, 0.717) is 0 Å². The van der Waals surface area contributed by atoms with E-state index in [1.807, 2.05) is 0 Å². The molecule has 0 heterocycles. The molecule has 3 N–H and O–H groups in total. The first-order chi connectivity index (χ1) is 5.31. The maximum absolute atomic E-state index is 10.6. The number of alkyl halides is 2. The molecule has 4 nitrogen and oxygen atoms in total. The molecule has 0 fully saturated rings. The molecular weight excluding hydrogens is 207 g/mol. The normalized spacial score (nSPS) is 13.1. The Bertz CT molecular complexity index is 171. The maximum atomic E-state index is 10.6. The predicted molar refractivity (Wildman–Crippen MR) is 44.4 cm³/mol. The molecule has 12 heavy (non-hydrogen) atoms. The van der Waals surface area contributed by atoms with Gasteiger partial charge in [-0.05, 0) is 6.92 Å². The summed E-state index contributed by atoms with van der Waals surface area (Å²) in [7, 11) is 0. The Morgan fingerprint density at radius 1 is 1.33 bits per heavy atom. The second-order valence-electron chi connectivity index (χ2n) is 2.59. The lowest BCUT2D eigenvalue weighted by molar-refractivity contribution is -0.155. The summed E-state index contributed by atoms with van der Waals surface area (Å²) < 4.78 is -1.72. The molecule has 6 heteroatoms. The van der Waals surface area contributed by atoms with Gasteiger partial charge in [0.2, 0.25) is 0 Å². The third-order valence-electron chi connectivity index (χ3n) is 1.79. The van der Waals surface area contributed by atoms with Gasteiger partial charge in [-0.1, -0.05) is 0 Å². The average Bonchev–Trinajstić information content (AvgIpc) is 1.87. The van der Waals surface area contributed by atoms with Gasteiger partial charge in [-0.2, -0.15) is 0 Å². The highest BCUT2D eigenvalue weighted by molar-refractivity contribution is 6.49. The smallest absolute Gasteiger partial charge is 0.317 e. The van der Waals surface area contributed by atoms with Crippen LogP contribution in [0.4, 0.5) is 0 Å². The van der Waals surface area contributed by atoms with Crippen molar-refractivity contribution >= 4 is 29.2 Å². The summed E-state index contributed by atoms with van der Waals surface area (Å²) in [6, 6.07) is 0. The van der Waals surface area contributed by atoms with Gasteiger partial charge in [-0.15, -0.1) is 23.2 Å². The summed E-state index contributed by atoms with van der Waals surface area (Å²) in [4.78, 5) is 10.6.